The molecule has 1 aromatic rings. The summed E-state index contributed by atoms with van der Waals surface area (Å²) in [6, 6.07) is 9.32. The van der Waals surface area contributed by atoms with Crippen LogP contribution in [0.1, 0.15) is 36.7 Å². The Balaban J connectivity index is 2.15. The van der Waals surface area contributed by atoms with E-state index in [0.29, 0.717) is 18.7 Å². The van der Waals surface area contributed by atoms with Gasteiger partial charge in [-0.25, -0.2) is 0 Å². The van der Waals surface area contributed by atoms with Crippen LogP contribution in [0.5, 0.6) is 0 Å². The van der Waals surface area contributed by atoms with Crippen LogP contribution in [-0.2, 0) is 10.2 Å². The van der Waals surface area contributed by atoms with Gasteiger partial charge in [0.2, 0.25) is 5.91 Å². The summed E-state index contributed by atoms with van der Waals surface area (Å²) in [6.07, 6.45) is 0. The Morgan fingerprint density at radius 1 is 1.27 bits per heavy atom. The summed E-state index contributed by atoms with van der Waals surface area (Å²) in [7, 11) is 0. The van der Waals surface area contributed by atoms with Gasteiger partial charge < -0.3 is 10.6 Å². The van der Waals surface area contributed by atoms with E-state index in [1.807, 2.05) is 32.9 Å². The Kier molecular flexibility index (Phi) is 4.23. The van der Waals surface area contributed by atoms with Crippen molar-refractivity contribution in [1.82, 2.24) is 4.90 Å². The number of carbonyl (C=O) groups is 2. The minimum atomic E-state index is -0.583. The van der Waals surface area contributed by atoms with Gasteiger partial charge in [-0.15, -0.1) is 0 Å². The van der Waals surface area contributed by atoms with Gasteiger partial charge in [0.15, 0.2) is 0 Å². The topological polar surface area (TPSA) is 87.2 Å². The smallest absolute Gasteiger partial charge is 0.253 e. The number of benzene rings is 1. The third kappa shape index (κ3) is 2.96. The van der Waals surface area contributed by atoms with Gasteiger partial charge >= 0.3 is 0 Å². The highest BCUT2D eigenvalue weighted by molar-refractivity contribution is 5.95. The molecule has 116 valence electrons. The molecule has 1 saturated heterocycles. The van der Waals surface area contributed by atoms with Crippen LogP contribution in [0.3, 0.4) is 0 Å². The second-order valence-corrected chi connectivity index (χ2v) is 6.51. The molecule has 0 saturated carbocycles. The van der Waals surface area contributed by atoms with E-state index >= 15 is 0 Å². The number of rotatable bonds is 3. The van der Waals surface area contributed by atoms with Gasteiger partial charge in [0.25, 0.3) is 5.91 Å². The SMILES string of the molecule is C[C@@H]1CN(C(=O)c2ccc(C(C)(C)C#N)cc2)C[C@H]1C(N)=O. The third-order valence-corrected chi connectivity index (χ3v) is 4.40. The number of likely N-dealkylation sites (tertiary alicyclic amines) is 1. The minimum absolute atomic E-state index is 0.0817. The Bertz CT molecular complexity index is 628. The van der Waals surface area contributed by atoms with Crippen molar-refractivity contribution in [1.29, 1.82) is 5.26 Å². The normalized spacial score (nSPS) is 21.5. The van der Waals surface area contributed by atoms with E-state index in [1.165, 1.54) is 0 Å². The second-order valence-electron chi connectivity index (χ2n) is 6.51. The fourth-order valence-corrected chi connectivity index (χ4v) is 2.78. The maximum Gasteiger partial charge on any atom is 0.253 e. The first-order valence-electron chi connectivity index (χ1n) is 7.36. The lowest BCUT2D eigenvalue weighted by atomic mass is 9.86. The van der Waals surface area contributed by atoms with Crippen molar-refractivity contribution < 1.29 is 9.59 Å². The number of hydrogen-bond donors (Lipinski definition) is 1. The molecule has 0 aromatic heterocycles. The molecule has 5 heteroatoms. The highest BCUT2D eigenvalue weighted by Crippen LogP contribution is 2.26. The van der Waals surface area contributed by atoms with Crippen LogP contribution in [0.15, 0.2) is 24.3 Å². The summed E-state index contributed by atoms with van der Waals surface area (Å²) in [6.45, 7) is 6.52. The molecular weight excluding hydrogens is 278 g/mol. The Morgan fingerprint density at radius 3 is 2.32 bits per heavy atom. The van der Waals surface area contributed by atoms with Crippen molar-refractivity contribution in [3.63, 3.8) is 0 Å². The first kappa shape index (κ1) is 16.0. The number of nitrogens with zero attached hydrogens (tertiary/aromatic N) is 2. The summed E-state index contributed by atoms with van der Waals surface area (Å²) in [5.74, 6) is -0.648. The first-order chi connectivity index (χ1) is 10.3. The van der Waals surface area contributed by atoms with Gasteiger partial charge in [-0.2, -0.15) is 5.26 Å². The number of nitriles is 1. The molecule has 2 N–H and O–H groups in total. The number of primary amides is 1. The second kappa shape index (κ2) is 5.80. The Labute approximate surface area is 130 Å². The third-order valence-electron chi connectivity index (χ3n) is 4.40. The van der Waals surface area contributed by atoms with Gasteiger partial charge in [-0.05, 0) is 37.5 Å². The van der Waals surface area contributed by atoms with E-state index in [0.717, 1.165) is 5.56 Å². The van der Waals surface area contributed by atoms with Crippen LogP contribution < -0.4 is 5.73 Å². The number of amides is 2. The molecule has 2 rings (SSSR count). The van der Waals surface area contributed by atoms with E-state index in [9.17, 15) is 9.59 Å². The van der Waals surface area contributed by atoms with E-state index in [-0.39, 0.29) is 23.7 Å². The van der Waals surface area contributed by atoms with Crippen LogP contribution in [-0.4, -0.2) is 29.8 Å². The van der Waals surface area contributed by atoms with Crippen molar-refractivity contribution in [2.75, 3.05) is 13.1 Å². The molecular formula is C17H21N3O2. The summed E-state index contributed by atoms with van der Waals surface area (Å²) in [4.78, 5) is 25.5. The molecule has 0 bridgehead atoms. The van der Waals surface area contributed by atoms with Gasteiger partial charge in [0, 0.05) is 18.7 Å². The molecule has 1 aliphatic rings. The van der Waals surface area contributed by atoms with E-state index in [4.69, 9.17) is 11.0 Å². The van der Waals surface area contributed by atoms with E-state index in [1.54, 1.807) is 17.0 Å². The predicted molar refractivity (Wildman–Crippen MR) is 82.8 cm³/mol. The van der Waals surface area contributed by atoms with Crippen molar-refractivity contribution in [2.24, 2.45) is 17.6 Å². The zero-order valence-corrected chi connectivity index (χ0v) is 13.2. The van der Waals surface area contributed by atoms with E-state index < -0.39 is 5.41 Å². The van der Waals surface area contributed by atoms with Crippen LogP contribution in [0.25, 0.3) is 0 Å². The highest BCUT2D eigenvalue weighted by Gasteiger charge is 2.36. The quantitative estimate of drug-likeness (QED) is 0.921. The molecule has 1 heterocycles. The Hall–Kier alpha value is -2.35. The lowest BCUT2D eigenvalue weighted by molar-refractivity contribution is -0.122. The van der Waals surface area contributed by atoms with Crippen molar-refractivity contribution in [3.8, 4) is 6.07 Å². The summed E-state index contributed by atoms with van der Waals surface area (Å²) in [5.41, 5.74) is 6.22. The lowest BCUT2D eigenvalue weighted by Crippen LogP contribution is -2.32. The maximum absolute atomic E-state index is 12.5. The van der Waals surface area contributed by atoms with Gasteiger partial charge in [0.1, 0.15) is 0 Å². The molecule has 1 aliphatic heterocycles. The van der Waals surface area contributed by atoms with Gasteiger partial charge in [-0.1, -0.05) is 19.1 Å². The fraction of sp³-hybridized carbons (Fsp3) is 0.471. The average molecular weight is 299 g/mol. The maximum atomic E-state index is 12.5. The molecule has 22 heavy (non-hydrogen) atoms. The highest BCUT2D eigenvalue weighted by atomic mass is 16.2. The molecule has 0 unspecified atom stereocenters. The van der Waals surface area contributed by atoms with Gasteiger partial charge in [-0.3, -0.25) is 9.59 Å². The standard InChI is InChI=1S/C17H21N3O2/c1-11-8-20(9-14(11)15(19)21)16(22)12-4-6-13(7-5-12)17(2,3)10-18/h4-7,11,14H,8-9H2,1-3H3,(H2,19,21)/t11-,14-/m1/s1. The fourth-order valence-electron chi connectivity index (χ4n) is 2.78. The largest absolute Gasteiger partial charge is 0.369 e. The average Bonchev–Trinajstić information content (AvgIpc) is 2.89. The monoisotopic (exact) mass is 299 g/mol. The van der Waals surface area contributed by atoms with Crippen molar-refractivity contribution in [2.45, 2.75) is 26.2 Å². The molecule has 0 aliphatic carbocycles. The first-order valence-corrected chi connectivity index (χ1v) is 7.36. The molecule has 2 atom stereocenters. The summed E-state index contributed by atoms with van der Waals surface area (Å²) in [5, 5.41) is 9.14. The summed E-state index contributed by atoms with van der Waals surface area (Å²) >= 11 is 0. The van der Waals surface area contributed by atoms with Crippen LogP contribution in [0, 0.1) is 23.2 Å². The van der Waals surface area contributed by atoms with Crippen LogP contribution in [0.4, 0.5) is 0 Å². The zero-order valence-electron chi connectivity index (χ0n) is 13.2. The van der Waals surface area contributed by atoms with Crippen LogP contribution in [0.2, 0.25) is 0 Å². The molecule has 1 aromatic carbocycles. The molecule has 0 radical (unpaired) electrons. The van der Waals surface area contributed by atoms with Crippen molar-refractivity contribution in [3.05, 3.63) is 35.4 Å². The minimum Gasteiger partial charge on any atom is -0.369 e. The number of nitrogens with two attached hydrogens (primary N) is 1. The zero-order chi connectivity index (χ0) is 16.5. The molecule has 1 fully saturated rings. The summed E-state index contributed by atoms with van der Waals surface area (Å²) < 4.78 is 0. The van der Waals surface area contributed by atoms with E-state index in [2.05, 4.69) is 6.07 Å². The van der Waals surface area contributed by atoms with Crippen molar-refractivity contribution >= 4 is 11.8 Å². The number of carbonyl (C=O) groups excluding carboxylic acids is 2. The molecule has 5 nitrogen and oxygen atoms in total. The Morgan fingerprint density at radius 2 is 1.86 bits per heavy atom. The molecule has 0 spiro atoms. The predicted octanol–water partition coefficient (Wildman–Crippen LogP) is 1.68. The number of hydrogen-bond acceptors (Lipinski definition) is 3. The van der Waals surface area contributed by atoms with Gasteiger partial charge in [0.05, 0.1) is 17.4 Å². The van der Waals surface area contributed by atoms with Crippen LogP contribution >= 0.6 is 0 Å². The lowest BCUT2D eigenvalue weighted by Gasteiger charge is -2.18. The molecule has 2 amide bonds.